The van der Waals surface area contributed by atoms with Gasteiger partial charge in [-0.1, -0.05) is 39.0 Å². The normalized spacial score (nSPS) is 18.1. The Labute approximate surface area is 211 Å². The molecule has 3 aromatic rings. The van der Waals surface area contributed by atoms with E-state index >= 15 is 0 Å². The van der Waals surface area contributed by atoms with Crippen LogP contribution in [0.25, 0.3) is 11.3 Å². The molecular formula is C28H33N3O5. The van der Waals surface area contributed by atoms with Crippen LogP contribution in [0.5, 0.6) is 11.5 Å². The zero-order valence-electron chi connectivity index (χ0n) is 21.2. The molecule has 8 heteroatoms. The predicted molar refractivity (Wildman–Crippen MR) is 136 cm³/mol. The van der Waals surface area contributed by atoms with Crippen molar-refractivity contribution >= 4 is 12.1 Å². The van der Waals surface area contributed by atoms with Crippen LogP contribution in [0.2, 0.25) is 0 Å². The number of nitrogens with zero attached hydrogens (tertiary/aromatic N) is 3. The Morgan fingerprint density at radius 3 is 2.33 bits per heavy atom. The van der Waals surface area contributed by atoms with E-state index in [0.29, 0.717) is 36.4 Å². The molecule has 0 aliphatic carbocycles. The van der Waals surface area contributed by atoms with Crippen molar-refractivity contribution in [2.45, 2.75) is 52.6 Å². The highest BCUT2D eigenvalue weighted by molar-refractivity contribution is 5.96. The predicted octanol–water partition coefficient (Wildman–Crippen LogP) is 6.25. The Balaban J connectivity index is 1.63. The third-order valence-corrected chi connectivity index (χ3v) is 6.53. The highest BCUT2D eigenvalue weighted by Crippen LogP contribution is 2.37. The fourth-order valence-corrected chi connectivity index (χ4v) is 4.69. The lowest BCUT2D eigenvalue weighted by Gasteiger charge is -2.44. The molecule has 0 saturated carbocycles. The fourth-order valence-electron chi connectivity index (χ4n) is 4.69. The summed E-state index contributed by atoms with van der Waals surface area (Å²) in [7, 11) is 0. The number of carbonyl (C=O) groups excluding carboxylic acids is 1. The van der Waals surface area contributed by atoms with Crippen molar-refractivity contribution in [3.63, 3.8) is 0 Å². The summed E-state index contributed by atoms with van der Waals surface area (Å²) in [5.74, 6) is 0.984. The van der Waals surface area contributed by atoms with Crippen molar-refractivity contribution < 1.29 is 24.2 Å². The van der Waals surface area contributed by atoms with Gasteiger partial charge in [0.25, 0.3) is 0 Å². The van der Waals surface area contributed by atoms with Crippen LogP contribution in [-0.2, 0) is 4.74 Å². The van der Waals surface area contributed by atoms with Crippen LogP contribution in [0.15, 0.2) is 60.8 Å². The molecule has 1 aliphatic heterocycles. The summed E-state index contributed by atoms with van der Waals surface area (Å²) in [6.07, 6.45) is 2.07. The van der Waals surface area contributed by atoms with Crippen molar-refractivity contribution in [2.24, 2.45) is 5.41 Å². The number of esters is 1. The highest BCUT2D eigenvalue weighted by Gasteiger charge is 2.39. The van der Waals surface area contributed by atoms with Crippen LogP contribution in [0.3, 0.4) is 0 Å². The van der Waals surface area contributed by atoms with E-state index in [2.05, 4.69) is 0 Å². The number of rotatable bonds is 6. The van der Waals surface area contributed by atoms with Crippen molar-refractivity contribution in [1.82, 2.24) is 14.7 Å². The molecule has 1 amide bonds. The van der Waals surface area contributed by atoms with Crippen molar-refractivity contribution in [3.8, 4) is 22.8 Å². The van der Waals surface area contributed by atoms with Crippen molar-refractivity contribution in [3.05, 3.63) is 66.4 Å². The van der Waals surface area contributed by atoms with Crippen LogP contribution in [0, 0.1) is 5.41 Å². The van der Waals surface area contributed by atoms with E-state index in [9.17, 15) is 14.7 Å². The zero-order valence-corrected chi connectivity index (χ0v) is 21.2. The molecule has 2 unspecified atom stereocenters. The third kappa shape index (κ3) is 5.53. The largest absolute Gasteiger partial charge is 0.465 e. The fraction of sp³-hybridized carbons (Fsp3) is 0.393. The molecule has 2 heterocycles. The average molecular weight is 492 g/mol. The van der Waals surface area contributed by atoms with Gasteiger partial charge in [0.05, 0.1) is 12.6 Å². The quantitative estimate of drug-likeness (QED) is 0.410. The maximum Gasteiger partial charge on any atom is 0.407 e. The first-order chi connectivity index (χ1) is 17.2. The second-order valence-corrected chi connectivity index (χ2v) is 10.1. The maximum absolute atomic E-state index is 12.8. The Kier molecular flexibility index (Phi) is 7.33. The number of piperidine rings is 1. The number of likely N-dealkylation sites (tertiary alicyclic amines) is 1. The van der Waals surface area contributed by atoms with E-state index < -0.39 is 12.1 Å². The van der Waals surface area contributed by atoms with Crippen LogP contribution in [-0.4, -0.2) is 51.0 Å². The lowest BCUT2D eigenvalue weighted by Crippen LogP contribution is -2.51. The summed E-state index contributed by atoms with van der Waals surface area (Å²) >= 11 is 0. The molecule has 0 radical (unpaired) electrons. The SMILES string of the molecule is CCOC(=O)c1cn(C2CCN(C(=O)O)C(C(C)(C)C)C2)nc1-c1ccc(Oc2ccccc2)cc1. The minimum absolute atomic E-state index is 0.0348. The molecule has 0 bridgehead atoms. The molecule has 1 fully saturated rings. The van der Waals surface area contributed by atoms with E-state index in [1.54, 1.807) is 13.1 Å². The second-order valence-electron chi connectivity index (χ2n) is 10.1. The van der Waals surface area contributed by atoms with Gasteiger partial charge in [-0.25, -0.2) is 9.59 Å². The number of para-hydroxylation sites is 1. The second kappa shape index (κ2) is 10.4. The lowest BCUT2D eigenvalue weighted by atomic mass is 9.79. The zero-order chi connectivity index (χ0) is 25.9. The van der Waals surface area contributed by atoms with Crippen LogP contribution < -0.4 is 4.74 Å². The number of carbonyl (C=O) groups is 2. The standard InChI is InChI=1S/C28H33N3O5/c1-5-35-26(32)23-18-31(20-15-16-30(27(33)34)24(17-20)28(2,3)4)29-25(23)19-11-13-22(14-12-19)36-21-9-7-6-8-10-21/h6-14,18,20,24H,5,15-17H2,1-4H3,(H,33,34). The van der Waals surface area contributed by atoms with Gasteiger partial charge in [0.1, 0.15) is 22.8 Å². The summed E-state index contributed by atoms with van der Waals surface area (Å²) in [4.78, 5) is 26.2. The van der Waals surface area contributed by atoms with E-state index in [4.69, 9.17) is 14.6 Å². The minimum Gasteiger partial charge on any atom is -0.465 e. The minimum atomic E-state index is -0.903. The van der Waals surface area contributed by atoms with Gasteiger partial charge in [0.15, 0.2) is 0 Å². The molecule has 4 rings (SSSR count). The Hall–Kier alpha value is -3.81. The molecule has 1 aromatic heterocycles. The van der Waals surface area contributed by atoms with E-state index in [-0.39, 0.29) is 24.1 Å². The van der Waals surface area contributed by atoms with Crippen molar-refractivity contribution in [2.75, 3.05) is 13.2 Å². The first kappa shape index (κ1) is 25.3. The third-order valence-electron chi connectivity index (χ3n) is 6.53. The van der Waals surface area contributed by atoms with Gasteiger partial charge in [-0.15, -0.1) is 0 Å². The first-order valence-corrected chi connectivity index (χ1v) is 12.3. The summed E-state index contributed by atoms with van der Waals surface area (Å²) in [5.41, 5.74) is 1.47. The Bertz CT molecular complexity index is 1200. The van der Waals surface area contributed by atoms with Gasteiger partial charge >= 0.3 is 12.1 Å². The van der Waals surface area contributed by atoms with Crippen LogP contribution in [0.1, 0.15) is 56.9 Å². The molecule has 36 heavy (non-hydrogen) atoms. The van der Waals surface area contributed by atoms with Crippen LogP contribution in [0.4, 0.5) is 4.79 Å². The van der Waals surface area contributed by atoms with Gasteiger partial charge in [-0.05, 0) is 61.6 Å². The molecule has 190 valence electrons. The smallest absolute Gasteiger partial charge is 0.407 e. The van der Waals surface area contributed by atoms with Gasteiger partial charge in [0.2, 0.25) is 0 Å². The topological polar surface area (TPSA) is 93.9 Å². The highest BCUT2D eigenvalue weighted by atomic mass is 16.5. The number of aromatic nitrogens is 2. The van der Waals surface area contributed by atoms with E-state index in [1.807, 2.05) is 80.1 Å². The molecular weight excluding hydrogens is 458 g/mol. The number of amides is 1. The maximum atomic E-state index is 12.8. The van der Waals surface area contributed by atoms with Gasteiger partial charge < -0.3 is 19.5 Å². The summed E-state index contributed by atoms with van der Waals surface area (Å²) in [6.45, 7) is 8.59. The summed E-state index contributed by atoms with van der Waals surface area (Å²) in [6, 6.07) is 16.8. The van der Waals surface area contributed by atoms with Gasteiger partial charge in [0, 0.05) is 24.3 Å². The average Bonchev–Trinajstić information content (AvgIpc) is 3.30. The number of hydrogen-bond donors (Lipinski definition) is 1. The lowest BCUT2D eigenvalue weighted by molar-refractivity contribution is 0.0408. The Morgan fingerprint density at radius 1 is 1.06 bits per heavy atom. The monoisotopic (exact) mass is 491 g/mol. The summed E-state index contributed by atoms with van der Waals surface area (Å²) < 4.78 is 13.0. The molecule has 2 aromatic carbocycles. The van der Waals surface area contributed by atoms with Gasteiger partial charge in [-0.3, -0.25) is 4.68 Å². The number of carboxylic acid groups (broad SMARTS) is 1. The number of benzene rings is 2. The summed E-state index contributed by atoms with van der Waals surface area (Å²) in [5, 5.41) is 14.5. The number of hydrogen-bond acceptors (Lipinski definition) is 5. The first-order valence-electron chi connectivity index (χ1n) is 12.3. The Morgan fingerprint density at radius 2 is 1.72 bits per heavy atom. The number of ether oxygens (including phenoxy) is 2. The molecule has 0 spiro atoms. The molecule has 1 N–H and O–H groups in total. The van der Waals surface area contributed by atoms with E-state index in [1.165, 1.54) is 4.90 Å². The van der Waals surface area contributed by atoms with E-state index in [0.717, 1.165) is 11.3 Å². The molecule has 2 atom stereocenters. The molecule has 8 nitrogen and oxygen atoms in total. The molecule has 1 saturated heterocycles. The van der Waals surface area contributed by atoms with Crippen LogP contribution >= 0.6 is 0 Å². The van der Waals surface area contributed by atoms with Crippen molar-refractivity contribution in [1.29, 1.82) is 0 Å². The van der Waals surface area contributed by atoms with Gasteiger partial charge in [-0.2, -0.15) is 5.10 Å². The molecule has 1 aliphatic rings.